The molecule has 14 heavy (non-hydrogen) atoms. The lowest BCUT2D eigenvalue weighted by molar-refractivity contribution is -0.385. The lowest BCUT2D eigenvalue weighted by atomic mass is 10.3. The van der Waals surface area contributed by atoms with Crippen LogP contribution in [0.15, 0.2) is 21.1 Å². The molecule has 4 nitrogen and oxygen atoms in total. The van der Waals surface area contributed by atoms with Gasteiger partial charge in [0.2, 0.25) is 0 Å². The van der Waals surface area contributed by atoms with E-state index in [1.165, 1.54) is 12.1 Å². The molecule has 0 aromatic heterocycles. The maximum atomic E-state index is 10.5. The second-order valence-corrected chi connectivity index (χ2v) is 4.14. The van der Waals surface area contributed by atoms with Crippen molar-refractivity contribution in [3.05, 3.63) is 31.2 Å². The number of nitrogens with zero attached hydrogens (tertiary/aromatic N) is 1. The van der Waals surface area contributed by atoms with Crippen molar-refractivity contribution in [3.63, 3.8) is 0 Å². The van der Waals surface area contributed by atoms with Crippen molar-refractivity contribution in [2.24, 2.45) is 0 Å². The zero-order chi connectivity index (χ0) is 10.7. The van der Waals surface area contributed by atoms with Gasteiger partial charge in [-0.15, -0.1) is 0 Å². The van der Waals surface area contributed by atoms with E-state index in [9.17, 15) is 10.1 Å². The highest BCUT2D eigenvalue weighted by Crippen LogP contribution is 2.36. The Hall–Kier alpha value is -0.620. The van der Waals surface area contributed by atoms with Crippen LogP contribution >= 0.6 is 31.9 Å². The number of benzene rings is 1. The Labute approximate surface area is 97.7 Å². The van der Waals surface area contributed by atoms with E-state index >= 15 is 0 Å². The Balaban J connectivity index is 3.18. The molecular weight excluding hydrogens is 318 g/mol. The first-order valence-electron chi connectivity index (χ1n) is 3.82. The van der Waals surface area contributed by atoms with E-state index in [0.717, 1.165) is 0 Å². The van der Waals surface area contributed by atoms with Crippen LogP contribution in [-0.4, -0.2) is 11.5 Å². The van der Waals surface area contributed by atoms with Crippen LogP contribution in [0.5, 0.6) is 5.75 Å². The van der Waals surface area contributed by atoms with Gasteiger partial charge in [0.25, 0.3) is 5.69 Å². The van der Waals surface area contributed by atoms with Crippen molar-refractivity contribution in [1.82, 2.24) is 0 Å². The summed E-state index contributed by atoms with van der Waals surface area (Å²) in [6.45, 7) is 2.36. The highest BCUT2D eigenvalue weighted by molar-refractivity contribution is 9.11. The summed E-state index contributed by atoms with van der Waals surface area (Å²) in [4.78, 5) is 10.0. The Morgan fingerprint density at radius 3 is 2.29 bits per heavy atom. The smallest absolute Gasteiger partial charge is 0.271 e. The van der Waals surface area contributed by atoms with Gasteiger partial charge in [0.1, 0.15) is 5.75 Å². The first kappa shape index (κ1) is 11.5. The fourth-order valence-corrected chi connectivity index (χ4v) is 2.33. The van der Waals surface area contributed by atoms with Crippen molar-refractivity contribution < 1.29 is 9.66 Å². The highest BCUT2D eigenvalue weighted by atomic mass is 79.9. The fourth-order valence-electron chi connectivity index (χ4n) is 0.934. The maximum Gasteiger partial charge on any atom is 0.271 e. The lowest BCUT2D eigenvalue weighted by Gasteiger charge is -2.07. The Morgan fingerprint density at radius 1 is 1.43 bits per heavy atom. The number of nitro groups is 1. The monoisotopic (exact) mass is 323 g/mol. The molecule has 0 radical (unpaired) electrons. The number of hydrogen-bond acceptors (Lipinski definition) is 3. The quantitative estimate of drug-likeness (QED) is 0.631. The number of nitro benzene ring substituents is 1. The topological polar surface area (TPSA) is 52.4 Å². The van der Waals surface area contributed by atoms with Gasteiger partial charge in [0.05, 0.1) is 20.5 Å². The molecule has 0 spiro atoms. The molecule has 1 aromatic carbocycles. The molecule has 0 saturated carbocycles. The predicted octanol–water partition coefficient (Wildman–Crippen LogP) is 3.52. The molecule has 6 heteroatoms. The third-order valence-electron chi connectivity index (χ3n) is 1.48. The van der Waals surface area contributed by atoms with E-state index in [1.54, 1.807) is 0 Å². The van der Waals surface area contributed by atoms with Gasteiger partial charge in [0.15, 0.2) is 0 Å². The second-order valence-electron chi connectivity index (χ2n) is 2.43. The highest BCUT2D eigenvalue weighted by Gasteiger charge is 2.14. The third kappa shape index (κ3) is 2.45. The molecular formula is C8H7Br2NO3. The van der Waals surface area contributed by atoms with Gasteiger partial charge in [-0.1, -0.05) is 0 Å². The Kier molecular flexibility index (Phi) is 3.88. The molecule has 0 fully saturated rings. The fraction of sp³-hybridized carbons (Fsp3) is 0.250. The Bertz CT molecular complexity index is 345. The van der Waals surface area contributed by atoms with E-state index in [-0.39, 0.29) is 5.69 Å². The van der Waals surface area contributed by atoms with Crippen molar-refractivity contribution >= 4 is 37.5 Å². The van der Waals surface area contributed by atoms with Gasteiger partial charge >= 0.3 is 0 Å². The van der Waals surface area contributed by atoms with Crippen molar-refractivity contribution in [2.45, 2.75) is 6.92 Å². The number of rotatable bonds is 3. The number of halogens is 2. The van der Waals surface area contributed by atoms with E-state index in [0.29, 0.717) is 21.3 Å². The average Bonchev–Trinajstić information content (AvgIpc) is 2.10. The standard InChI is InChI=1S/C8H7Br2NO3/c1-2-14-8-6(9)3-5(11(12)13)4-7(8)10/h3-4H,2H2,1H3. The first-order valence-corrected chi connectivity index (χ1v) is 5.41. The SMILES string of the molecule is CCOc1c(Br)cc([N+](=O)[O-])cc1Br. The van der Waals surface area contributed by atoms with Crippen LogP contribution in [-0.2, 0) is 0 Å². The van der Waals surface area contributed by atoms with E-state index in [4.69, 9.17) is 4.74 Å². The van der Waals surface area contributed by atoms with E-state index in [1.807, 2.05) is 6.92 Å². The van der Waals surface area contributed by atoms with Crippen LogP contribution in [0.1, 0.15) is 6.92 Å². The largest absolute Gasteiger partial charge is 0.491 e. The summed E-state index contributed by atoms with van der Waals surface area (Å²) in [5, 5.41) is 10.5. The van der Waals surface area contributed by atoms with E-state index < -0.39 is 4.92 Å². The normalized spacial score (nSPS) is 9.93. The van der Waals surface area contributed by atoms with Crippen LogP contribution in [0.3, 0.4) is 0 Å². The van der Waals surface area contributed by atoms with Gasteiger partial charge in [-0.25, -0.2) is 0 Å². The molecule has 1 rings (SSSR count). The summed E-state index contributed by atoms with van der Waals surface area (Å²) < 4.78 is 6.43. The zero-order valence-corrected chi connectivity index (χ0v) is 10.5. The molecule has 0 saturated heterocycles. The molecule has 0 atom stereocenters. The number of ether oxygens (including phenoxy) is 1. The minimum absolute atomic E-state index is 0.0206. The summed E-state index contributed by atoms with van der Waals surface area (Å²) in [5.41, 5.74) is 0.0206. The molecule has 0 N–H and O–H groups in total. The molecule has 1 aromatic rings. The van der Waals surface area contributed by atoms with Gasteiger partial charge in [-0.2, -0.15) is 0 Å². The molecule has 0 heterocycles. The van der Waals surface area contributed by atoms with Crippen LogP contribution in [0.2, 0.25) is 0 Å². The van der Waals surface area contributed by atoms with Crippen LogP contribution in [0.4, 0.5) is 5.69 Å². The summed E-state index contributed by atoms with van der Waals surface area (Å²) in [6, 6.07) is 2.82. The number of non-ortho nitro benzene ring substituents is 1. The first-order chi connectivity index (χ1) is 6.56. The minimum Gasteiger partial charge on any atom is -0.491 e. The van der Waals surface area contributed by atoms with Crippen LogP contribution < -0.4 is 4.74 Å². The molecule has 0 aliphatic heterocycles. The molecule has 0 unspecified atom stereocenters. The van der Waals surface area contributed by atoms with Crippen LogP contribution in [0, 0.1) is 10.1 Å². The van der Waals surface area contributed by atoms with Crippen LogP contribution in [0.25, 0.3) is 0 Å². The second kappa shape index (κ2) is 4.75. The van der Waals surface area contributed by atoms with Gasteiger partial charge in [0, 0.05) is 12.1 Å². The maximum absolute atomic E-state index is 10.5. The average molecular weight is 325 g/mol. The summed E-state index contributed by atoms with van der Waals surface area (Å²) in [6.07, 6.45) is 0. The minimum atomic E-state index is -0.453. The van der Waals surface area contributed by atoms with Crippen molar-refractivity contribution in [3.8, 4) is 5.75 Å². The molecule has 76 valence electrons. The lowest BCUT2D eigenvalue weighted by Crippen LogP contribution is -1.95. The van der Waals surface area contributed by atoms with Gasteiger partial charge in [-0.3, -0.25) is 10.1 Å². The number of hydrogen-bond donors (Lipinski definition) is 0. The third-order valence-corrected chi connectivity index (χ3v) is 2.66. The molecule has 0 aliphatic rings. The predicted molar refractivity (Wildman–Crippen MR) is 59.7 cm³/mol. The molecule has 0 amide bonds. The van der Waals surface area contributed by atoms with Gasteiger partial charge in [-0.05, 0) is 38.8 Å². The summed E-state index contributed by atoms with van der Waals surface area (Å²) in [7, 11) is 0. The summed E-state index contributed by atoms with van der Waals surface area (Å²) >= 11 is 6.42. The molecule has 0 bridgehead atoms. The van der Waals surface area contributed by atoms with E-state index in [2.05, 4.69) is 31.9 Å². The summed E-state index contributed by atoms with van der Waals surface area (Å²) in [5.74, 6) is 0.582. The zero-order valence-electron chi connectivity index (χ0n) is 7.29. The molecule has 0 aliphatic carbocycles. The van der Waals surface area contributed by atoms with Crippen molar-refractivity contribution in [2.75, 3.05) is 6.61 Å². The van der Waals surface area contributed by atoms with Crippen molar-refractivity contribution in [1.29, 1.82) is 0 Å². The Morgan fingerprint density at radius 2 is 1.93 bits per heavy atom. The van der Waals surface area contributed by atoms with Gasteiger partial charge < -0.3 is 4.74 Å².